The summed E-state index contributed by atoms with van der Waals surface area (Å²) in [7, 11) is 2.06. The number of hydrogen-bond acceptors (Lipinski definition) is 4. The first-order valence-corrected chi connectivity index (χ1v) is 9.71. The van der Waals surface area contributed by atoms with Crippen molar-refractivity contribution in [3.05, 3.63) is 17.5 Å². The highest BCUT2D eigenvalue weighted by atomic mass is 32.2. The zero-order valence-electron chi connectivity index (χ0n) is 13.1. The van der Waals surface area contributed by atoms with Crippen molar-refractivity contribution in [3.63, 3.8) is 0 Å². The van der Waals surface area contributed by atoms with Crippen molar-refractivity contribution in [2.24, 2.45) is 7.05 Å². The monoisotopic (exact) mass is 313 g/mol. The molecule has 0 bridgehead atoms. The molecular weight excluding hydrogens is 286 g/mol. The van der Waals surface area contributed by atoms with E-state index in [0.717, 1.165) is 23.9 Å². The lowest BCUT2D eigenvalue weighted by atomic mass is 10.0. The number of aryl methyl sites for hydroxylation is 2. The first-order chi connectivity index (χ1) is 9.65. The molecular formula is C15H27N3S2. The molecule has 0 spiro atoms. The zero-order chi connectivity index (χ0) is 14.5. The van der Waals surface area contributed by atoms with Crippen molar-refractivity contribution >= 4 is 23.5 Å². The Labute approximate surface area is 131 Å². The minimum atomic E-state index is 0.553. The SMILES string of the molecule is CCNC(Cc1cc(C)nn1C)C1SCCSC1CC. The molecule has 0 radical (unpaired) electrons. The Bertz CT molecular complexity index is 419. The van der Waals surface area contributed by atoms with Gasteiger partial charge >= 0.3 is 0 Å². The van der Waals surface area contributed by atoms with E-state index in [1.807, 2.05) is 4.68 Å². The maximum absolute atomic E-state index is 4.49. The number of thioether (sulfide) groups is 2. The Morgan fingerprint density at radius 3 is 2.75 bits per heavy atom. The van der Waals surface area contributed by atoms with Crippen LogP contribution in [-0.2, 0) is 13.5 Å². The third-order valence-corrected chi connectivity index (χ3v) is 7.29. The van der Waals surface area contributed by atoms with Crippen LogP contribution in [0.2, 0.25) is 0 Å². The van der Waals surface area contributed by atoms with Gasteiger partial charge in [-0.15, -0.1) is 0 Å². The first kappa shape index (κ1) is 16.2. The maximum Gasteiger partial charge on any atom is 0.0596 e. The van der Waals surface area contributed by atoms with E-state index in [-0.39, 0.29) is 0 Å². The van der Waals surface area contributed by atoms with E-state index in [0.29, 0.717) is 11.3 Å². The second-order valence-electron chi connectivity index (χ2n) is 5.42. The standard InChI is InChI=1S/C15H27N3S2/c1-5-14-15(20-8-7-19-14)13(16-6-2)10-12-9-11(3)17-18(12)4/h9,13-16H,5-8,10H2,1-4H3. The lowest BCUT2D eigenvalue weighted by Gasteiger charge is -2.36. The molecule has 1 saturated heterocycles. The number of aromatic nitrogens is 2. The van der Waals surface area contributed by atoms with Crippen molar-refractivity contribution in [3.8, 4) is 0 Å². The predicted octanol–water partition coefficient (Wildman–Crippen LogP) is 2.88. The molecule has 0 amide bonds. The van der Waals surface area contributed by atoms with Crippen molar-refractivity contribution in [1.82, 2.24) is 15.1 Å². The van der Waals surface area contributed by atoms with Crippen molar-refractivity contribution < 1.29 is 0 Å². The molecule has 20 heavy (non-hydrogen) atoms. The third kappa shape index (κ3) is 3.95. The molecule has 3 nitrogen and oxygen atoms in total. The highest BCUT2D eigenvalue weighted by Crippen LogP contribution is 2.36. The summed E-state index contributed by atoms with van der Waals surface area (Å²) in [5, 5.41) is 9.71. The predicted molar refractivity (Wildman–Crippen MR) is 91.9 cm³/mol. The maximum atomic E-state index is 4.49. The summed E-state index contributed by atoms with van der Waals surface area (Å²) >= 11 is 4.33. The molecule has 0 saturated carbocycles. The third-order valence-electron chi connectivity index (χ3n) is 3.89. The molecule has 114 valence electrons. The smallest absolute Gasteiger partial charge is 0.0596 e. The van der Waals surface area contributed by atoms with Gasteiger partial charge in [0.25, 0.3) is 0 Å². The van der Waals surface area contributed by atoms with E-state index in [1.54, 1.807) is 0 Å². The van der Waals surface area contributed by atoms with E-state index in [4.69, 9.17) is 0 Å². The van der Waals surface area contributed by atoms with Gasteiger partial charge in [-0.05, 0) is 26.0 Å². The van der Waals surface area contributed by atoms with Crippen LogP contribution in [0, 0.1) is 6.92 Å². The van der Waals surface area contributed by atoms with Crippen LogP contribution in [0.25, 0.3) is 0 Å². The van der Waals surface area contributed by atoms with Gasteiger partial charge in [0.2, 0.25) is 0 Å². The fourth-order valence-corrected chi connectivity index (χ4v) is 6.22. The lowest BCUT2D eigenvalue weighted by molar-refractivity contribution is 0.477. The highest BCUT2D eigenvalue weighted by Gasteiger charge is 2.32. The summed E-state index contributed by atoms with van der Waals surface area (Å²) in [5.41, 5.74) is 2.47. The molecule has 0 aromatic carbocycles. The molecule has 1 N–H and O–H groups in total. The van der Waals surface area contributed by atoms with Crippen LogP contribution in [0.3, 0.4) is 0 Å². The number of rotatable bonds is 6. The minimum Gasteiger partial charge on any atom is -0.313 e. The Morgan fingerprint density at radius 1 is 1.40 bits per heavy atom. The van der Waals surface area contributed by atoms with Crippen molar-refractivity contribution in [2.45, 2.75) is 50.2 Å². The van der Waals surface area contributed by atoms with E-state index >= 15 is 0 Å². The molecule has 1 aliphatic rings. The van der Waals surface area contributed by atoms with Crippen LogP contribution in [0.4, 0.5) is 0 Å². The summed E-state index contributed by atoms with van der Waals surface area (Å²) in [5.74, 6) is 2.60. The fraction of sp³-hybridized carbons (Fsp3) is 0.800. The highest BCUT2D eigenvalue weighted by molar-refractivity contribution is 8.07. The van der Waals surface area contributed by atoms with Crippen LogP contribution in [0.5, 0.6) is 0 Å². The van der Waals surface area contributed by atoms with Gasteiger partial charge in [-0.2, -0.15) is 28.6 Å². The van der Waals surface area contributed by atoms with E-state index in [1.165, 1.54) is 23.6 Å². The second kappa shape index (κ2) is 7.76. The summed E-state index contributed by atoms with van der Waals surface area (Å²) in [6.45, 7) is 7.66. The molecule has 5 heteroatoms. The second-order valence-corrected chi connectivity index (χ2v) is 8.05. The minimum absolute atomic E-state index is 0.553. The molecule has 1 aliphatic heterocycles. The van der Waals surface area contributed by atoms with Crippen LogP contribution >= 0.6 is 23.5 Å². The summed E-state index contributed by atoms with van der Waals surface area (Å²) in [6.07, 6.45) is 2.36. The van der Waals surface area contributed by atoms with Crippen molar-refractivity contribution in [2.75, 3.05) is 18.1 Å². The molecule has 2 rings (SSSR count). The topological polar surface area (TPSA) is 29.9 Å². The fourth-order valence-electron chi connectivity index (χ4n) is 2.96. The summed E-state index contributed by atoms with van der Waals surface area (Å²) < 4.78 is 2.04. The van der Waals surface area contributed by atoms with Gasteiger partial charge in [0.1, 0.15) is 0 Å². The molecule has 1 aromatic heterocycles. The molecule has 3 unspecified atom stereocenters. The van der Waals surface area contributed by atoms with Gasteiger partial charge in [0, 0.05) is 47.2 Å². The molecule has 1 fully saturated rings. The zero-order valence-corrected chi connectivity index (χ0v) is 14.7. The number of nitrogens with one attached hydrogen (secondary N) is 1. The number of nitrogens with zero attached hydrogens (tertiary/aromatic N) is 2. The van der Waals surface area contributed by atoms with Crippen LogP contribution in [-0.4, -0.2) is 44.4 Å². The van der Waals surface area contributed by atoms with Gasteiger partial charge in [0.05, 0.1) is 5.69 Å². The van der Waals surface area contributed by atoms with E-state index in [2.05, 4.69) is 67.8 Å². The van der Waals surface area contributed by atoms with Gasteiger partial charge < -0.3 is 5.32 Å². The quantitative estimate of drug-likeness (QED) is 0.874. The number of likely N-dealkylation sites (N-methyl/N-ethyl adjacent to an activating group) is 1. The Balaban J connectivity index is 2.11. The molecule has 1 aromatic rings. The largest absolute Gasteiger partial charge is 0.313 e. The van der Waals surface area contributed by atoms with Crippen LogP contribution in [0.1, 0.15) is 31.7 Å². The van der Waals surface area contributed by atoms with E-state index in [9.17, 15) is 0 Å². The molecule has 2 heterocycles. The van der Waals surface area contributed by atoms with Crippen molar-refractivity contribution in [1.29, 1.82) is 0 Å². The molecule has 3 atom stereocenters. The Hall–Kier alpha value is -0.130. The average Bonchev–Trinajstić information content (AvgIpc) is 2.76. The lowest BCUT2D eigenvalue weighted by Crippen LogP contribution is -2.46. The van der Waals surface area contributed by atoms with Gasteiger partial charge in [-0.25, -0.2) is 0 Å². The molecule has 0 aliphatic carbocycles. The van der Waals surface area contributed by atoms with Gasteiger partial charge in [-0.1, -0.05) is 13.8 Å². The Kier molecular flexibility index (Phi) is 6.30. The average molecular weight is 314 g/mol. The van der Waals surface area contributed by atoms with Crippen LogP contribution in [0.15, 0.2) is 6.07 Å². The van der Waals surface area contributed by atoms with Gasteiger partial charge in [-0.3, -0.25) is 4.68 Å². The van der Waals surface area contributed by atoms with Gasteiger partial charge in [0.15, 0.2) is 0 Å². The van der Waals surface area contributed by atoms with E-state index < -0.39 is 0 Å². The summed E-state index contributed by atoms with van der Waals surface area (Å²) in [4.78, 5) is 0. The first-order valence-electron chi connectivity index (χ1n) is 7.61. The Morgan fingerprint density at radius 2 is 2.15 bits per heavy atom. The summed E-state index contributed by atoms with van der Waals surface area (Å²) in [6, 6.07) is 2.78. The van der Waals surface area contributed by atoms with Crippen LogP contribution < -0.4 is 5.32 Å². The normalized spacial score (nSPS) is 24.8. The number of hydrogen-bond donors (Lipinski definition) is 1.